The topological polar surface area (TPSA) is 113 Å². The molecule has 0 amide bonds. The number of aliphatic hydroxyl groups is 2. The van der Waals surface area contributed by atoms with Crippen molar-refractivity contribution in [3.05, 3.63) is 70.1 Å². The van der Waals surface area contributed by atoms with Gasteiger partial charge in [-0.05, 0) is 141 Å². The number of hydrogen-bond acceptors (Lipinski definition) is 7. The van der Waals surface area contributed by atoms with Crippen LogP contribution in [0.1, 0.15) is 148 Å². The van der Waals surface area contributed by atoms with E-state index in [2.05, 4.69) is 72.0 Å². The molecule has 10 rings (SSSR count). The predicted molar refractivity (Wildman–Crippen MR) is 242 cm³/mol. The van der Waals surface area contributed by atoms with E-state index in [-0.39, 0.29) is 63.4 Å². The molecule has 13 unspecified atom stereocenters. The first kappa shape index (κ1) is 43.2. The van der Waals surface area contributed by atoms with E-state index in [0.717, 1.165) is 81.4 Å². The maximum Gasteiger partial charge on any atom is 0.160 e. The normalized spacial score (nSPS) is 42.3. The third kappa shape index (κ3) is 6.48. The van der Waals surface area contributed by atoms with Crippen molar-refractivity contribution in [2.45, 2.75) is 175 Å². The van der Waals surface area contributed by atoms with Crippen molar-refractivity contribution in [1.82, 2.24) is 0 Å². The van der Waals surface area contributed by atoms with Gasteiger partial charge in [0.15, 0.2) is 11.8 Å². The van der Waals surface area contributed by atoms with Crippen molar-refractivity contribution in [3.63, 3.8) is 0 Å². The molecule has 4 heterocycles. The van der Waals surface area contributed by atoms with Crippen molar-refractivity contribution < 1.29 is 34.2 Å². The van der Waals surface area contributed by atoms with Gasteiger partial charge in [-0.3, -0.25) is 19.5 Å². The van der Waals surface area contributed by atoms with Crippen molar-refractivity contribution >= 4 is 17.3 Å². The summed E-state index contributed by atoms with van der Waals surface area (Å²) in [5.74, 6) is 1.27. The van der Waals surface area contributed by atoms with Crippen LogP contribution in [0.4, 0.5) is 0 Å². The Morgan fingerprint density at radius 3 is 2.40 bits per heavy atom. The quantitative estimate of drug-likeness (QED) is 0.206. The molecule has 0 bridgehead atoms. The second kappa shape index (κ2) is 15.2. The fraction of sp³-hybridized carbons (Fsp3) is 0.722. The average Bonchev–Trinajstić information content (AvgIpc) is 3.80. The van der Waals surface area contributed by atoms with Crippen molar-refractivity contribution in [2.24, 2.45) is 56.2 Å². The van der Waals surface area contributed by atoms with E-state index < -0.39 is 17.6 Å². The van der Waals surface area contributed by atoms with Crippen LogP contribution in [0.3, 0.4) is 0 Å². The number of carbonyl (C=O) groups is 2. The van der Waals surface area contributed by atoms with Gasteiger partial charge in [0.05, 0.1) is 30.3 Å². The molecular weight excluding hydrogens is 773 g/mol. The number of benzene rings is 1. The van der Waals surface area contributed by atoms with Crippen LogP contribution < -0.4 is 4.90 Å². The Bertz CT molecular complexity index is 2140. The first-order chi connectivity index (χ1) is 29.4. The fourth-order valence-electron chi connectivity index (χ4n) is 16.6. The summed E-state index contributed by atoms with van der Waals surface area (Å²) < 4.78 is 11.6. The van der Waals surface area contributed by atoms with E-state index in [9.17, 15) is 19.8 Å². The first-order valence-corrected chi connectivity index (χ1v) is 24.7. The van der Waals surface area contributed by atoms with Crippen LogP contribution in [0.5, 0.6) is 0 Å². The van der Waals surface area contributed by atoms with Gasteiger partial charge in [0.2, 0.25) is 0 Å². The van der Waals surface area contributed by atoms with Gasteiger partial charge >= 0.3 is 0 Å². The summed E-state index contributed by atoms with van der Waals surface area (Å²) in [5.41, 5.74) is 6.61. The van der Waals surface area contributed by atoms with Gasteiger partial charge in [0.1, 0.15) is 23.8 Å². The summed E-state index contributed by atoms with van der Waals surface area (Å²) in [6.45, 7) is 20.2. The summed E-state index contributed by atoms with van der Waals surface area (Å²) in [4.78, 5) is 35.5. The zero-order chi connectivity index (χ0) is 43.7. The smallest absolute Gasteiger partial charge is 0.160 e. The second-order valence-corrected chi connectivity index (χ2v) is 23.5. The maximum absolute atomic E-state index is 14.9. The SMILES string of the molecule is Cc1cc(CC2=C[NH+](CC3C4=C(C(C)CC(O)C5OC5(C)C)C(=O)CC4(C)C4(C)CCC5C(C)(CCC(=O)C5(C)C5CCCC5)C4C3O)C3C=CN=C23)cc(C2CCOCC2)c1. The van der Waals surface area contributed by atoms with Gasteiger partial charge < -0.3 is 19.7 Å². The third-order valence-electron chi connectivity index (χ3n) is 19.7. The molecule has 0 spiro atoms. The number of aliphatic imine (C=N–C) groups is 1. The van der Waals surface area contributed by atoms with Gasteiger partial charge in [-0.25, -0.2) is 0 Å². The van der Waals surface area contributed by atoms with Crippen LogP contribution in [0.2, 0.25) is 0 Å². The number of rotatable bonds is 10. The van der Waals surface area contributed by atoms with Crippen molar-refractivity contribution in [1.29, 1.82) is 0 Å². The highest BCUT2D eigenvalue weighted by atomic mass is 16.6. The molecule has 6 fully saturated rings. The molecule has 13 atom stereocenters. The minimum atomic E-state index is -0.685. The number of ketones is 2. The molecule has 4 aliphatic heterocycles. The Kier molecular flexibility index (Phi) is 10.5. The highest BCUT2D eigenvalue weighted by molar-refractivity contribution is 6.07. The Morgan fingerprint density at radius 1 is 0.968 bits per heavy atom. The van der Waals surface area contributed by atoms with Crippen LogP contribution in [0, 0.1) is 58.2 Å². The monoisotopic (exact) mass is 848 g/mol. The molecule has 4 saturated carbocycles. The Labute approximate surface area is 371 Å². The number of allylic oxidation sites excluding steroid dienone is 1. The molecule has 336 valence electrons. The lowest BCUT2D eigenvalue weighted by Gasteiger charge is -2.70. The number of fused-ring (bicyclic) bond motifs is 6. The van der Waals surface area contributed by atoms with Crippen molar-refractivity contribution in [3.8, 4) is 0 Å². The van der Waals surface area contributed by atoms with Gasteiger partial charge in [-0.2, -0.15) is 0 Å². The first-order valence-electron chi connectivity index (χ1n) is 24.7. The standard InChI is InChI=1S/C54H74N2O6/c1-31-23-33(26-35(24-31)34-16-21-61-22-17-34)27-36-29-56(39-15-20-55-46(36)39)30-38-45-44(32(2)25-40(57)49-50(3,4)62-49)41(58)28-53(45,7)52(6)19-13-42-51(5,48(52)47(38)60)18-14-43(59)54(42,8)37-11-9-10-12-37/h15,20,23-24,26,29,32,34,37-40,42,47-49,57,60H,9-14,16-19,21-22,25,27-28,30H2,1-8H3/p+1. The van der Waals surface area contributed by atoms with Gasteiger partial charge in [0, 0.05) is 55.1 Å². The summed E-state index contributed by atoms with van der Waals surface area (Å²) in [6, 6.07) is 7.15. The Balaban J connectivity index is 1.04. The molecule has 1 aromatic rings. The van der Waals surface area contributed by atoms with E-state index in [0.29, 0.717) is 43.4 Å². The molecule has 2 saturated heterocycles. The Morgan fingerprint density at radius 2 is 1.69 bits per heavy atom. The second-order valence-electron chi connectivity index (χ2n) is 23.5. The lowest BCUT2D eigenvalue weighted by molar-refractivity contribution is -0.856. The molecule has 9 aliphatic rings. The highest BCUT2D eigenvalue weighted by Gasteiger charge is 2.73. The van der Waals surface area contributed by atoms with E-state index >= 15 is 0 Å². The number of carbonyl (C=O) groups excluding carboxylic acids is 2. The molecule has 1 aromatic carbocycles. The number of nitrogens with zero attached hydrogens (tertiary/aromatic N) is 1. The highest BCUT2D eigenvalue weighted by Crippen LogP contribution is 2.75. The van der Waals surface area contributed by atoms with Crippen LogP contribution in [0.15, 0.2) is 58.4 Å². The molecule has 0 aromatic heterocycles. The predicted octanol–water partition coefficient (Wildman–Crippen LogP) is 7.98. The van der Waals surface area contributed by atoms with Gasteiger partial charge in [-0.1, -0.05) is 71.2 Å². The number of Topliss-reactive ketones (excluding diaryl/α,β-unsaturated/α-hetero) is 2. The summed E-state index contributed by atoms with van der Waals surface area (Å²) in [6.07, 6.45) is 16.7. The van der Waals surface area contributed by atoms with E-state index in [1.165, 1.54) is 40.0 Å². The van der Waals surface area contributed by atoms with Crippen molar-refractivity contribution in [2.75, 3.05) is 19.8 Å². The third-order valence-corrected chi connectivity index (χ3v) is 19.7. The number of quaternary nitrogens is 1. The molecule has 8 nitrogen and oxygen atoms in total. The molecule has 5 aliphatic carbocycles. The van der Waals surface area contributed by atoms with Crippen LogP contribution >= 0.6 is 0 Å². The number of hydrogen-bond donors (Lipinski definition) is 3. The number of ether oxygens (including phenoxy) is 2. The molecule has 0 radical (unpaired) electrons. The minimum absolute atomic E-state index is 0.0545. The van der Waals surface area contributed by atoms with Crippen LogP contribution in [-0.2, 0) is 25.5 Å². The largest absolute Gasteiger partial charge is 0.392 e. The molecular formula is C54H75N2O6+. The fourth-order valence-corrected chi connectivity index (χ4v) is 16.6. The average molecular weight is 848 g/mol. The van der Waals surface area contributed by atoms with E-state index in [1.807, 2.05) is 20.0 Å². The number of aryl methyl sites for hydroxylation is 1. The van der Waals surface area contributed by atoms with E-state index in [4.69, 9.17) is 14.5 Å². The number of nitrogens with one attached hydrogen (secondary N) is 1. The Hall–Kier alpha value is -2.75. The maximum atomic E-state index is 14.9. The molecule has 3 N–H and O–H groups in total. The zero-order valence-corrected chi connectivity index (χ0v) is 39.0. The van der Waals surface area contributed by atoms with Gasteiger partial charge in [-0.15, -0.1) is 0 Å². The lowest BCUT2D eigenvalue weighted by atomic mass is 9.34. The molecule has 8 heteroatoms. The minimum Gasteiger partial charge on any atom is -0.392 e. The summed E-state index contributed by atoms with van der Waals surface area (Å²) >= 11 is 0. The number of aliphatic hydroxyl groups excluding tert-OH is 2. The number of epoxide rings is 1. The summed E-state index contributed by atoms with van der Waals surface area (Å²) in [7, 11) is 0. The van der Waals surface area contributed by atoms with Crippen LogP contribution in [0.25, 0.3) is 0 Å². The van der Waals surface area contributed by atoms with E-state index in [1.54, 1.807) is 0 Å². The lowest BCUT2D eigenvalue weighted by Crippen LogP contribution is -3.11. The van der Waals surface area contributed by atoms with Crippen LogP contribution in [-0.4, -0.2) is 77.2 Å². The summed E-state index contributed by atoms with van der Waals surface area (Å²) in [5, 5.41) is 25.1. The molecule has 62 heavy (non-hydrogen) atoms. The zero-order valence-electron chi connectivity index (χ0n) is 39.0. The van der Waals surface area contributed by atoms with Gasteiger partial charge in [0.25, 0.3) is 0 Å².